The Labute approximate surface area is 176 Å². The number of furan rings is 1. The number of rotatable bonds is 2. The van der Waals surface area contributed by atoms with Gasteiger partial charge >= 0.3 is 0 Å². The van der Waals surface area contributed by atoms with Gasteiger partial charge in [-0.1, -0.05) is 42.5 Å². The van der Waals surface area contributed by atoms with Crippen LogP contribution in [0.5, 0.6) is 0 Å². The second kappa shape index (κ2) is 6.59. The molecule has 5 aromatic rings. The highest BCUT2D eigenvalue weighted by molar-refractivity contribution is 6.12. The zero-order chi connectivity index (χ0) is 23.5. The van der Waals surface area contributed by atoms with Crippen LogP contribution in [0.4, 0.5) is 0 Å². The van der Waals surface area contributed by atoms with Crippen LogP contribution in [0.3, 0.4) is 0 Å². The molecule has 3 aromatic carbocycles. The van der Waals surface area contributed by atoms with Crippen molar-refractivity contribution in [1.29, 1.82) is 0 Å². The first kappa shape index (κ1) is 13.7. The molecule has 0 aliphatic heterocycles. The first-order chi connectivity index (χ1) is 15.7. The summed E-state index contributed by atoms with van der Waals surface area (Å²) in [5.74, 6) is 0. The fraction of sp³-hybridized carbons (Fsp3) is 0.148. The molecule has 0 saturated heterocycles. The van der Waals surface area contributed by atoms with Crippen molar-refractivity contribution in [3.05, 3.63) is 89.6 Å². The molecule has 142 valence electrons. The Balaban J connectivity index is 1.78. The minimum atomic E-state index is -2.32. The van der Waals surface area contributed by atoms with Gasteiger partial charge in [0.05, 0.1) is 0 Å². The number of aryl methyl sites for hydroxylation is 3. The van der Waals surface area contributed by atoms with Crippen LogP contribution in [0.1, 0.15) is 22.2 Å². The lowest BCUT2D eigenvalue weighted by Crippen LogP contribution is -2.31. The lowest BCUT2D eigenvalue weighted by atomic mass is 9.95. The normalized spacial score (nSPS) is 13.9. The molecule has 0 radical (unpaired) electrons. The minimum absolute atomic E-state index is 0.00830. The Morgan fingerprint density at radius 3 is 2.55 bits per heavy atom. The zero-order valence-electron chi connectivity index (χ0n) is 20.7. The van der Waals surface area contributed by atoms with E-state index in [1.54, 1.807) is 23.7 Å². The van der Waals surface area contributed by atoms with Gasteiger partial charge in [-0.05, 0) is 55.6 Å². The van der Waals surface area contributed by atoms with Gasteiger partial charge in [0.25, 0.3) is 0 Å². The Hall–Kier alpha value is -3.39. The van der Waals surface area contributed by atoms with E-state index in [9.17, 15) is 0 Å². The van der Waals surface area contributed by atoms with E-state index in [1.165, 1.54) is 0 Å². The molecule has 0 saturated carbocycles. The van der Waals surface area contributed by atoms with E-state index in [1.807, 2.05) is 30.3 Å². The number of hydrogen-bond donors (Lipinski definition) is 0. The molecule has 2 aromatic heterocycles. The van der Waals surface area contributed by atoms with E-state index in [4.69, 9.17) is 9.90 Å². The summed E-state index contributed by atoms with van der Waals surface area (Å²) in [6.45, 7) is 1.82. The van der Waals surface area contributed by atoms with Crippen molar-refractivity contribution in [2.75, 3.05) is 0 Å². The van der Waals surface area contributed by atoms with E-state index in [0.717, 1.165) is 55.4 Å². The smallest absolute Gasteiger partial charge is 0.212 e. The van der Waals surface area contributed by atoms with Gasteiger partial charge in [0, 0.05) is 37.6 Å². The van der Waals surface area contributed by atoms with Crippen LogP contribution in [0.25, 0.3) is 44.3 Å². The number of aromatic nitrogens is 1. The molecule has 0 aliphatic rings. The van der Waals surface area contributed by atoms with E-state index in [2.05, 4.69) is 38.1 Å². The molecule has 0 fully saturated rings. The second-order valence-electron chi connectivity index (χ2n) is 7.52. The topological polar surface area (TPSA) is 17.0 Å². The predicted molar refractivity (Wildman–Crippen MR) is 120 cm³/mol. The fourth-order valence-electron chi connectivity index (χ4n) is 4.26. The Kier molecular flexibility index (Phi) is 3.12. The average molecular weight is 383 g/mol. The fourth-order valence-corrected chi connectivity index (χ4v) is 4.26. The molecule has 0 N–H and O–H groups in total. The van der Waals surface area contributed by atoms with Crippen molar-refractivity contribution in [3.8, 4) is 22.4 Å². The van der Waals surface area contributed by atoms with Crippen LogP contribution < -0.4 is 4.57 Å². The third-order valence-electron chi connectivity index (χ3n) is 5.67. The largest absolute Gasteiger partial charge is 0.455 e. The highest BCUT2D eigenvalue weighted by Gasteiger charge is 2.20. The van der Waals surface area contributed by atoms with Gasteiger partial charge in [0.2, 0.25) is 5.69 Å². The van der Waals surface area contributed by atoms with E-state index in [-0.39, 0.29) is 11.7 Å². The number of nitrogens with zero attached hydrogens (tertiary/aromatic N) is 1. The summed E-state index contributed by atoms with van der Waals surface area (Å²) < 4.78 is 39.5. The standard InChI is InChI=1S/C27H24NO/c1-17-10-14-23(28(4)16-17)21-13-15-24-26(19(21)3)22-12-11-18(2)25(27(22)29-24)20-8-6-5-7-9-20/h5-16H,1-4H3/q+1/i1D3,16D. The molecule has 0 bridgehead atoms. The van der Waals surface area contributed by atoms with Crippen molar-refractivity contribution in [3.63, 3.8) is 0 Å². The molecule has 2 nitrogen and oxygen atoms in total. The first-order valence-corrected chi connectivity index (χ1v) is 9.70. The van der Waals surface area contributed by atoms with Crippen molar-refractivity contribution in [2.45, 2.75) is 20.7 Å². The van der Waals surface area contributed by atoms with Gasteiger partial charge in [-0.25, -0.2) is 4.57 Å². The molecule has 0 spiro atoms. The number of pyridine rings is 1. The summed E-state index contributed by atoms with van der Waals surface area (Å²) in [5, 5.41) is 2.08. The number of benzene rings is 3. The summed E-state index contributed by atoms with van der Waals surface area (Å²) in [6.07, 6.45) is -0.00830. The molecule has 0 aliphatic carbocycles. The van der Waals surface area contributed by atoms with E-state index >= 15 is 0 Å². The van der Waals surface area contributed by atoms with E-state index in [0.29, 0.717) is 0 Å². The number of fused-ring (bicyclic) bond motifs is 3. The molecule has 29 heavy (non-hydrogen) atoms. The molecule has 5 rings (SSSR count). The maximum Gasteiger partial charge on any atom is 0.212 e. The lowest BCUT2D eigenvalue weighted by Gasteiger charge is -2.07. The van der Waals surface area contributed by atoms with Crippen LogP contribution in [0, 0.1) is 20.7 Å². The van der Waals surface area contributed by atoms with Gasteiger partial charge in [-0.15, -0.1) is 0 Å². The highest BCUT2D eigenvalue weighted by atomic mass is 16.3. The summed E-state index contributed by atoms with van der Waals surface area (Å²) in [4.78, 5) is 0. The van der Waals surface area contributed by atoms with E-state index < -0.39 is 6.85 Å². The third-order valence-corrected chi connectivity index (χ3v) is 5.67. The molecule has 2 heterocycles. The monoisotopic (exact) mass is 382 g/mol. The quantitative estimate of drug-likeness (QED) is 0.312. The Morgan fingerprint density at radius 1 is 0.931 bits per heavy atom. The predicted octanol–water partition coefficient (Wildman–Crippen LogP) is 6.67. The molecule has 0 amide bonds. The van der Waals surface area contributed by atoms with Crippen molar-refractivity contribution < 1.29 is 14.5 Å². The van der Waals surface area contributed by atoms with Crippen LogP contribution in [-0.2, 0) is 7.05 Å². The third kappa shape index (κ3) is 2.75. The van der Waals surface area contributed by atoms with Crippen LogP contribution >= 0.6 is 0 Å². The van der Waals surface area contributed by atoms with Crippen LogP contribution in [0.15, 0.2) is 77.3 Å². The van der Waals surface area contributed by atoms with Gasteiger partial charge in [-0.3, -0.25) is 0 Å². The minimum Gasteiger partial charge on any atom is -0.455 e. The first-order valence-electron chi connectivity index (χ1n) is 11.7. The Bertz CT molecular complexity index is 1530. The summed E-state index contributed by atoms with van der Waals surface area (Å²) in [5.41, 5.74) is 7.83. The summed E-state index contributed by atoms with van der Waals surface area (Å²) in [6, 6.07) is 21.8. The van der Waals surface area contributed by atoms with Gasteiger partial charge < -0.3 is 4.42 Å². The number of hydrogen-bond acceptors (Lipinski definition) is 1. The average Bonchev–Trinajstić information content (AvgIpc) is 3.15. The zero-order valence-corrected chi connectivity index (χ0v) is 16.7. The highest BCUT2D eigenvalue weighted by Crippen LogP contribution is 2.40. The van der Waals surface area contributed by atoms with Gasteiger partial charge in [-0.2, -0.15) is 0 Å². The molecule has 0 atom stereocenters. The van der Waals surface area contributed by atoms with Crippen molar-refractivity contribution in [2.24, 2.45) is 7.05 Å². The molecular formula is C27H24NO+. The second-order valence-corrected chi connectivity index (χ2v) is 7.52. The van der Waals surface area contributed by atoms with Crippen molar-refractivity contribution in [1.82, 2.24) is 0 Å². The summed E-state index contributed by atoms with van der Waals surface area (Å²) >= 11 is 0. The molecule has 0 unspecified atom stereocenters. The SMILES string of the molecule is [2H]c1c(C([2H])([2H])[2H])ccc(-c2ccc3oc4c(-c5ccccc5)c(C)ccc4c3c2C)[n+]1C. The van der Waals surface area contributed by atoms with Crippen LogP contribution in [0.2, 0.25) is 0 Å². The molecule has 2 heteroatoms. The lowest BCUT2D eigenvalue weighted by molar-refractivity contribution is -0.660. The molecular weight excluding hydrogens is 354 g/mol. The van der Waals surface area contributed by atoms with Crippen LogP contribution in [-0.4, -0.2) is 0 Å². The van der Waals surface area contributed by atoms with Crippen molar-refractivity contribution >= 4 is 21.9 Å². The maximum atomic E-state index is 8.41. The van der Waals surface area contributed by atoms with Gasteiger partial charge in [0.1, 0.15) is 19.6 Å². The summed E-state index contributed by atoms with van der Waals surface area (Å²) in [7, 11) is 1.74. The maximum absolute atomic E-state index is 8.41. The van der Waals surface area contributed by atoms with Gasteiger partial charge in [0.15, 0.2) is 6.17 Å². The Morgan fingerprint density at radius 2 is 1.76 bits per heavy atom.